The molecule has 3 N–H and O–H groups in total. The van der Waals surface area contributed by atoms with Crippen molar-refractivity contribution in [1.82, 2.24) is 15.3 Å². The second kappa shape index (κ2) is 7.96. The molecule has 2 aromatic rings. The highest BCUT2D eigenvalue weighted by Crippen LogP contribution is 2.26. The molecule has 1 aromatic carbocycles. The standard InChI is InChI=1S/C16H17Cl2N3O2S/c1-8(11-4-3-10(17)7-13(11)18)19-14(22)6-5-12-9(2)20-16(24)21-15(12)23/h3-4,7-8H,5-6H2,1-2H3,(H,19,22)(H2,20,21,23,24). The zero-order chi connectivity index (χ0) is 17.9. The van der Waals surface area contributed by atoms with Gasteiger partial charge in [-0.05, 0) is 50.2 Å². The van der Waals surface area contributed by atoms with Gasteiger partial charge in [0.25, 0.3) is 5.56 Å². The van der Waals surface area contributed by atoms with Gasteiger partial charge in [-0.1, -0.05) is 29.3 Å². The van der Waals surface area contributed by atoms with Crippen LogP contribution in [0.15, 0.2) is 23.0 Å². The van der Waals surface area contributed by atoms with E-state index in [2.05, 4.69) is 15.3 Å². The van der Waals surface area contributed by atoms with Gasteiger partial charge in [0.15, 0.2) is 4.77 Å². The highest BCUT2D eigenvalue weighted by atomic mass is 35.5. The summed E-state index contributed by atoms with van der Waals surface area (Å²) in [7, 11) is 0. The summed E-state index contributed by atoms with van der Waals surface area (Å²) < 4.78 is 0.275. The number of carbonyl (C=O) groups is 1. The smallest absolute Gasteiger partial charge is 0.255 e. The van der Waals surface area contributed by atoms with E-state index in [-0.39, 0.29) is 28.7 Å². The number of nitrogens with one attached hydrogen (secondary N) is 3. The van der Waals surface area contributed by atoms with Gasteiger partial charge in [-0.15, -0.1) is 0 Å². The Labute approximate surface area is 154 Å². The van der Waals surface area contributed by atoms with Crippen LogP contribution < -0.4 is 10.9 Å². The quantitative estimate of drug-likeness (QED) is 0.683. The van der Waals surface area contributed by atoms with Gasteiger partial charge in [-0.3, -0.25) is 14.6 Å². The number of amides is 1. The largest absolute Gasteiger partial charge is 0.350 e. The van der Waals surface area contributed by atoms with Crippen molar-refractivity contribution in [2.75, 3.05) is 0 Å². The Morgan fingerprint density at radius 2 is 2.04 bits per heavy atom. The second-order valence-electron chi connectivity index (χ2n) is 5.47. The Morgan fingerprint density at radius 3 is 2.67 bits per heavy atom. The fourth-order valence-electron chi connectivity index (χ4n) is 2.41. The van der Waals surface area contributed by atoms with Gasteiger partial charge in [0.05, 0.1) is 6.04 Å². The normalized spacial score (nSPS) is 12.0. The van der Waals surface area contributed by atoms with Crippen molar-refractivity contribution in [3.05, 3.63) is 60.2 Å². The number of carbonyl (C=O) groups excluding carboxylic acids is 1. The van der Waals surface area contributed by atoms with E-state index >= 15 is 0 Å². The number of aryl methyl sites for hydroxylation is 1. The van der Waals surface area contributed by atoms with Gasteiger partial charge in [0.2, 0.25) is 5.91 Å². The average molecular weight is 386 g/mol. The van der Waals surface area contributed by atoms with Crippen molar-refractivity contribution in [1.29, 1.82) is 0 Å². The monoisotopic (exact) mass is 385 g/mol. The third kappa shape index (κ3) is 4.69. The molecule has 1 amide bonds. The van der Waals surface area contributed by atoms with E-state index in [9.17, 15) is 9.59 Å². The summed E-state index contributed by atoms with van der Waals surface area (Å²) >= 11 is 16.9. The molecule has 24 heavy (non-hydrogen) atoms. The summed E-state index contributed by atoms with van der Waals surface area (Å²) in [6.07, 6.45) is 0.504. The molecule has 0 aliphatic rings. The maximum atomic E-state index is 12.1. The van der Waals surface area contributed by atoms with Crippen LogP contribution in [-0.4, -0.2) is 15.9 Å². The minimum atomic E-state index is -0.266. The molecule has 0 bridgehead atoms. The highest BCUT2D eigenvalue weighted by molar-refractivity contribution is 7.71. The van der Waals surface area contributed by atoms with Crippen LogP contribution in [0.4, 0.5) is 0 Å². The third-order valence-electron chi connectivity index (χ3n) is 3.66. The molecule has 0 spiro atoms. The topological polar surface area (TPSA) is 77.8 Å². The maximum absolute atomic E-state index is 12.1. The molecule has 2 rings (SSSR count). The fourth-order valence-corrected chi connectivity index (χ4v) is 3.23. The number of halogens is 2. The summed E-state index contributed by atoms with van der Waals surface area (Å²) in [6.45, 7) is 3.60. The summed E-state index contributed by atoms with van der Waals surface area (Å²) in [5.74, 6) is -0.172. The van der Waals surface area contributed by atoms with Crippen LogP contribution in [0.2, 0.25) is 10.0 Å². The summed E-state index contributed by atoms with van der Waals surface area (Å²) in [5, 5.41) is 3.91. The minimum absolute atomic E-state index is 0.172. The van der Waals surface area contributed by atoms with Crippen molar-refractivity contribution in [2.24, 2.45) is 0 Å². The lowest BCUT2D eigenvalue weighted by molar-refractivity contribution is -0.121. The van der Waals surface area contributed by atoms with E-state index in [1.165, 1.54) is 0 Å². The molecule has 0 aliphatic heterocycles. The van der Waals surface area contributed by atoms with Gasteiger partial charge in [-0.25, -0.2) is 0 Å². The van der Waals surface area contributed by atoms with Crippen LogP contribution in [0.5, 0.6) is 0 Å². The zero-order valence-corrected chi connectivity index (χ0v) is 15.5. The molecular weight excluding hydrogens is 369 g/mol. The molecule has 8 heteroatoms. The average Bonchev–Trinajstić information content (AvgIpc) is 2.45. The lowest BCUT2D eigenvalue weighted by Gasteiger charge is -2.16. The third-order valence-corrected chi connectivity index (χ3v) is 4.43. The second-order valence-corrected chi connectivity index (χ2v) is 6.72. The number of hydrogen-bond donors (Lipinski definition) is 3. The van der Waals surface area contributed by atoms with Gasteiger partial charge >= 0.3 is 0 Å². The first-order chi connectivity index (χ1) is 11.3. The maximum Gasteiger partial charge on any atom is 0.255 e. The molecular formula is C16H17Cl2N3O2S. The molecule has 0 saturated carbocycles. The highest BCUT2D eigenvalue weighted by Gasteiger charge is 2.14. The van der Waals surface area contributed by atoms with Gasteiger partial charge in [0.1, 0.15) is 0 Å². The van der Waals surface area contributed by atoms with Crippen LogP contribution in [-0.2, 0) is 11.2 Å². The molecule has 1 heterocycles. The molecule has 1 aromatic heterocycles. The number of aromatic amines is 2. The van der Waals surface area contributed by atoms with Crippen LogP contribution >= 0.6 is 35.4 Å². The Balaban J connectivity index is 2.01. The fraction of sp³-hybridized carbons (Fsp3) is 0.312. The van der Waals surface area contributed by atoms with Gasteiger partial charge < -0.3 is 10.3 Å². The Kier molecular flexibility index (Phi) is 6.21. The van der Waals surface area contributed by atoms with E-state index in [1.54, 1.807) is 25.1 Å². The Bertz CT molecular complexity index is 876. The first kappa shape index (κ1) is 18.7. The number of aromatic nitrogens is 2. The van der Waals surface area contributed by atoms with Crippen LogP contribution in [0.1, 0.15) is 36.2 Å². The van der Waals surface area contributed by atoms with Crippen molar-refractivity contribution in [3.63, 3.8) is 0 Å². The van der Waals surface area contributed by atoms with E-state index in [0.717, 1.165) is 5.56 Å². The lowest BCUT2D eigenvalue weighted by Crippen LogP contribution is -2.28. The Hall–Kier alpha value is -1.63. The van der Waals surface area contributed by atoms with Crippen molar-refractivity contribution in [3.8, 4) is 0 Å². The van der Waals surface area contributed by atoms with Crippen molar-refractivity contribution >= 4 is 41.3 Å². The van der Waals surface area contributed by atoms with Crippen molar-refractivity contribution < 1.29 is 4.79 Å². The summed E-state index contributed by atoms with van der Waals surface area (Å²) in [4.78, 5) is 29.4. The van der Waals surface area contributed by atoms with Crippen LogP contribution in [0.3, 0.4) is 0 Å². The molecule has 128 valence electrons. The first-order valence-electron chi connectivity index (χ1n) is 7.34. The lowest BCUT2D eigenvalue weighted by atomic mass is 10.1. The van der Waals surface area contributed by atoms with E-state index in [4.69, 9.17) is 35.4 Å². The zero-order valence-electron chi connectivity index (χ0n) is 13.2. The molecule has 1 unspecified atom stereocenters. The number of benzene rings is 1. The molecule has 0 aliphatic carbocycles. The molecule has 5 nitrogen and oxygen atoms in total. The Morgan fingerprint density at radius 1 is 1.33 bits per heavy atom. The van der Waals surface area contributed by atoms with Gasteiger partial charge in [0, 0.05) is 27.7 Å². The number of rotatable bonds is 5. The van der Waals surface area contributed by atoms with Crippen molar-refractivity contribution in [2.45, 2.75) is 32.7 Å². The van der Waals surface area contributed by atoms with E-state index < -0.39 is 0 Å². The first-order valence-corrected chi connectivity index (χ1v) is 8.50. The summed E-state index contributed by atoms with van der Waals surface area (Å²) in [6, 6.07) is 4.88. The molecule has 1 atom stereocenters. The minimum Gasteiger partial charge on any atom is -0.350 e. The molecule has 0 fully saturated rings. The molecule has 0 saturated heterocycles. The van der Waals surface area contributed by atoms with E-state index in [0.29, 0.717) is 27.7 Å². The number of hydrogen-bond acceptors (Lipinski definition) is 3. The van der Waals surface area contributed by atoms with Gasteiger partial charge in [-0.2, -0.15) is 0 Å². The van der Waals surface area contributed by atoms with Crippen LogP contribution in [0.25, 0.3) is 0 Å². The number of H-pyrrole nitrogens is 2. The predicted octanol–water partition coefficient (Wildman–Crippen LogP) is 3.86. The SMILES string of the molecule is Cc1[nH]c(=S)[nH]c(=O)c1CCC(=O)NC(C)c1ccc(Cl)cc1Cl. The summed E-state index contributed by atoms with van der Waals surface area (Å²) in [5.41, 5.74) is 1.71. The predicted molar refractivity (Wildman–Crippen MR) is 98.3 cm³/mol. The van der Waals surface area contributed by atoms with E-state index in [1.807, 2.05) is 6.92 Å². The molecule has 0 radical (unpaired) electrons. The van der Waals surface area contributed by atoms with Crippen LogP contribution in [0, 0.1) is 11.7 Å².